The molecule has 0 radical (unpaired) electrons. The van der Waals surface area contributed by atoms with Crippen molar-refractivity contribution in [1.82, 2.24) is 39.0 Å². The number of rotatable bonds is 8. The van der Waals surface area contributed by atoms with Crippen molar-refractivity contribution in [3.63, 3.8) is 0 Å². The Morgan fingerprint density at radius 2 is 0.535 bits per heavy atom. The first-order chi connectivity index (χ1) is 42.6. The predicted molar refractivity (Wildman–Crippen MR) is 353 cm³/mol. The second-order valence-electron chi connectivity index (χ2n) is 21.5. The quantitative estimate of drug-likeness (QED) is 0.151. The van der Waals surface area contributed by atoms with Crippen LogP contribution in [0.4, 0.5) is 0 Å². The lowest BCUT2D eigenvalue weighted by atomic mass is 10.1. The molecular weight excluding hydrogens is 1050 g/mol. The third-order valence-corrected chi connectivity index (χ3v) is 16.2. The summed E-state index contributed by atoms with van der Waals surface area (Å²) in [7, 11) is 0. The molecule has 0 saturated heterocycles. The lowest BCUT2D eigenvalue weighted by Gasteiger charge is -2.11. The van der Waals surface area contributed by atoms with Crippen LogP contribution in [0.5, 0.6) is 0 Å². The summed E-state index contributed by atoms with van der Waals surface area (Å²) in [4.78, 5) is 29.5. The van der Waals surface area contributed by atoms with Gasteiger partial charge in [-0.2, -0.15) is 0 Å². The molecule has 0 aliphatic carbocycles. The first kappa shape index (κ1) is 50.0. The summed E-state index contributed by atoms with van der Waals surface area (Å²) in [6, 6.07) is 106. The number of hydrogen-bond acceptors (Lipinski definition) is 6. The number of nitrogens with zero attached hydrogens (tertiary/aromatic N) is 8. The van der Waals surface area contributed by atoms with Gasteiger partial charge in [0.1, 0.15) is 0 Å². The average molecular weight is 1100 g/mol. The van der Waals surface area contributed by atoms with Crippen molar-refractivity contribution < 1.29 is 0 Å². The second kappa shape index (κ2) is 21.2. The lowest BCUT2D eigenvalue weighted by molar-refractivity contribution is 1.07. The maximum atomic E-state index is 5.00. The predicted octanol–water partition coefficient (Wildman–Crippen LogP) is 19.4. The second-order valence-corrected chi connectivity index (χ2v) is 21.5. The van der Waals surface area contributed by atoms with E-state index in [1.54, 1.807) is 0 Å². The standard InChI is InChI=1S/C41H26N4.C37H24N4/c1-2-11-28(12-3-1)39-42-40(44-41(43-39)33-19-18-27-10-4-5-13-30(27)24-33)29-20-22-34(23-21-29)45-37-17-9-8-16-35(37)36-25-31-14-6-7-15-32(31)26-38(36)45;1-3-12-26(13-4-1)35-38-36(27-14-5-2-6-15-27)40-37(39-35)28-19-22-29(23-20-28)41-33-18-10-9-17-31(33)32-24-21-25-11-7-8-16-30(25)34(32)41/h1-26H;1-24H. The average Bonchev–Trinajstić information content (AvgIpc) is 2.53. The summed E-state index contributed by atoms with van der Waals surface area (Å²) in [6.07, 6.45) is 0. The third kappa shape index (κ3) is 9.06. The fraction of sp³-hybridized carbons (Fsp3) is 0. The molecule has 4 heterocycles. The van der Waals surface area contributed by atoms with Crippen molar-refractivity contribution in [3.8, 4) is 79.7 Å². The number of para-hydroxylation sites is 2. The number of benzene rings is 13. The monoisotopic (exact) mass is 1100 g/mol. The molecule has 0 bridgehead atoms. The van der Waals surface area contributed by atoms with Crippen molar-refractivity contribution in [2.75, 3.05) is 0 Å². The molecule has 0 N–H and O–H groups in total. The molecule has 0 atom stereocenters. The Labute approximate surface area is 495 Å². The molecule has 86 heavy (non-hydrogen) atoms. The molecular formula is C78H50N8. The van der Waals surface area contributed by atoms with Gasteiger partial charge in [-0.15, -0.1) is 0 Å². The Hall–Kier alpha value is -11.7. The molecule has 4 aromatic heterocycles. The van der Waals surface area contributed by atoms with Crippen molar-refractivity contribution >= 4 is 75.9 Å². The molecule has 0 fully saturated rings. The van der Waals surface area contributed by atoms with E-state index in [9.17, 15) is 0 Å². The SMILES string of the molecule is c1ccc(-c2nc(-c3ccc(-n4c5ccccc5c5cc6ccccc6cc54)cc3)nc(-c3ccc4ccccc4c3)n2)cc1.c1ccc(-c2nc(-c3ccccc3)nc(-c3ccc(-n4c5ccccc5c5ccc6ccccc6c54)cc3)n2)cc1. The van der Waals surface area contributed by atoms with Crippen LogP contribution >= 0.6 is 0 Å². The highest BCUT2D eigenvalue weighted by Gasteiger charge is 2.19. The molecule has 8 heteroatoms. The van der Waals surface area contributed by atoms with Crippen molar-refractivity contribution in [2.24, 2.45) is 0 Å². The zero-order chi connectivity index (χ0) is 56.9. The van der Waals surface area contributed by atoms with Crippen LogP contribution in [0.1, 0.15) is 0 Å². The smallest absolute Gasteiger partial charge is 0.164 e. The summed E-state index contributed by atoms with van der Waals surface area (Å²) in [5.74, 6) is 3.92. The van der Waals surface area contributed by atoms with Gasteiger partial charge in [-0.05, 0) is 106 Å². The molecule has 0 unspecified atom stereocenters. The van der Waals surface area contributed by atoms with Crippen molar-refractivity contribution in [3.05, 3.63) is 303 Å². The van der Waals surface area contributed by atoms with E-state index in [4.69, 9.17) is 29.9 Å². The van der Waals surface area contributed by atoms with E-state index in [-0.39, 0.29) is 0 Å². The zero-order valence-corrected chi connectivity index (χ0v) is 46.4. The largest absolute Gasteiger partial charge is 0.309 e. The Balaban J connectivity index is 0.000000140. The first-order valence-electron chi connectivity index (χ1n) is 28.8. The fourth-order valence-electron chi connectivity index (χ4n) is 12.1. The summed E-state index contributed by atoms with van der Waals surface area (Å²) in [5.41, 5.74) is 12.7. The minimum absolute atomic E-state index is 0.645. The summed E-state index contributed by atoms with van der Waals surface area (Å²) in [6.45, 7) is 0. The number of hydrogen-bond donors (Lipinski definition) is 0. The third-order valence-electron chi connectivity index (χ3n) is 16.2. The van der Waals surface area contributed by atoms with Gasteiger partial charge in [-0.25, -0.2) is 29.9 Å². The van der Waals surface area contributed by atoms with Gasteiger partial charge in [0.15, 0.2) is 34.9 Å². The molecule has 13 aromatic carbocycles. The first-order valence-corrected chi connectivity index (χ1v) is 28.8. The van der Waals surface area contributed by atoms with Crippen LogP contribution in [0.25, 0.3) is 156 Å². The van der Waals surface area contributed by atoms with Gasteiger partial charge in [0, 0.05) is 71.7 Å². The van der Waals surface area contributed by atoms with Gasteiger partial charge in [0.2, 0.25) is 0 Å². The highest BCUT2D eigenvalue weighted by atomic mass is 15.0. The summed E-state index contributed by atoms with van der Waals surface area (Å²) in [5, 5.41) is 12.3. The number of fused-ring (bicyclic) bond motifs is 10. The van der Waals surface area contributed by atoms with E-state index < -0.39 is 0 Å². The van der Waals surface area contributed by atoms with E-state index in [1.165, 1.54) is 70.5 Å². The molecule has 17 aromatic rings. The Bertz CT molecular complexity index is 5330. The van der Waals surface area contributed by atoms with Crippen LogP contribution in [-0.4, -0.2) is 39.0 Å². The maximum absolute atomic E-state index is 5.00. The topological polar surface area (TPSA) is 87.2 Å². The van der Waals surface area contributed by atoms with E-state index >= 15 is 0 Å². The molecule has 0 aliphatic rings. The van der Waals surface area contributed by atoms with Crippen LogP contribution in [0.15, 0.2) is 303 Å². The van der Waals surface area contributed by atoms with Crippen LogP contribution in [0, 0.1) is 0 Å². The van der Waals surface area contributed by atoms with Gasteiger partial charge in [-0.1, -0.05) is 224 Å². The molecule has 17 rings (SSSR count). The maximum Gasteiger partial charge on any atom is 0.164 e. The Morgan fingerprint density at radius 3 is 1.06 bits per heavy atom. The summed E-state index contributed by atoms with van der Waals surface area (Å²) < 4.78 is 4.72. The zero-order valence-electron chi connectivity index (χ0n) is 46.4. The van der Waals surface area contributed by atoms with Gasteiger partial charge in [0.25, 0.3) is 0 Å². The molecule has 402 valence electrons. The van der Waals surface area contributed by atoms with Gasteiger partial charge < -0.3 is 9.13 Å². The van der Waals surface area contributed by atoms with Crippen LogP contribution < -0.4 is 0 Å². The van der Waals surface area contributed by atoms with Gasteiger partial charge in [0.05, 0.1) is 22.1 Å². The van der Waals surface area contributed by atoms with Crippen molar-refractivity contribution in [2.45, 2.75) is 0 Å². The van der Waals surface area contributed by atoms with Crippen LogP contribution in [-0.2, 0) is 0 Å². The summed E-state index contributed by atoms with van der Waals surface area (Å²) >= 11 is 0. The highest BCUT2D eigenvalue weighted by Crippen LogP contribution is 2.39. The van der Waals surface area contributed by atoms with Gasteiger partial charge in [-0.3, -0.25) is 0 Å². The normalized spacial score (nSPS) is 11.5. The molecule has 0 spiro atoms. The van der Waals surface area contributed by atoms with Crippen molar-refractivity contribution in [1.29, 1.82) is 0 Å². The molecule has 0 saturated carbocycles. The molecule has 0 aliphatic heterocycles. The van der Waals surface area contributed by atoms with E-state index in [2.05, 4.69) is 221 Å². The highest BCUT2D eigenvalue weighted by molar-refractivity contribution is 6.19. The Kier molecular flexibility index (Phi) is 12.3. The van der Waals surface area contributed by atoms with E-state index in [0.717, 1.165) is 50.1 Å². The Morgan fingerprint density at radius 1 is 0.186 bits per heavy atom. The van der Waals surface area contributed by atoms with E-state index in [0.29, 0.717) is 34.9 Å². The van der Waals surface area contributed by atoms with E-state index in [1.807, 2.05) is 91.0 Å². The molecule has 0 amide bonds. The lowest BCUT2D eigenvalue weighted by Crippen LogP contribution is -2.00. The minimum Gasteiger partial charge on any atom is -0.309 e. The van der Waals surface area contributed by atoms with Gasteiger partial charge >= 0.3 is 0 Å². The number of aromatic nitrogens is 8. The molecule has 8 nitrogen and oxygen atoms in total. The fourth-order valence-corrected chi connectivity index (χ4v) is 12.1. The van der Waals surface area contributed by atoms with Crippen LogP contribution in [0.3, 0.4) is 0 Å². The van der Waals surface area contributed by atoms with Crippen LogP contribution in [0.2, 0.25) is 0 Å². The minimum atomic E-state index is 0.645.